The van der Waals surface area contributed by atoms with Crippen molar-refractivity contribution in [3.8, 4) is 61.3 Å². The highest BCUT2D eigenvalue weighted by atomic mass is 15.1. The van der Waals surface area contributed by atoms with Crippen LogP contribution in [0.3, 0.4) is 0 Å². The van der Waals surface area contributed by atoms with Crippen molar-refractivity contribution in [2.24, 2.45) is 0 Å². The van der Waals surface area contributed by atoms with Crippen molar-refractivity contribution < 1.29 is 0 Å². The highest BCUT2D eigenvalue weighted by Crippen LogP contribution is 2.65. The van der Waals surface area contributed by atoms with Crippen molar-refractivity contribution in [2.75, 3.05) is 4.90 Å². The Balaban J connectivity index is 1.04. The summed E-state index contributed by atoms with van der Waals surface area (Å²) in [6.07, 6.45) is 0. The zero-order valence-electron chi connectivity index (χ0n) is 37.8. The van der Waals surface area contributed by atoms with Crippen molar-refractivity contribution in [1.82, 2.24) is 4.57 Å². The molecule has 1 heterocycles. The zero-order chi connectivity index (χ0) is 45.5. The number of hydrogen-bond donors (Lipinski definition) is 0. The van der Waals surface area contributed by atoms with Gasteiger partial charge in [0, 0.05) is 33.3 Å². The molecule has 2 heteroatoms. The van der Waals surface area contributed by atoms with E-state index in [9.17, 15) is 0 Å². The second kappa shape index (κ2) is 15.6. The summed E-state index contributed by atoms with van der Waals surface area (Å²) in [6, 6.07) is 98.6. The lowest BCUT2D eigenvalue weighted by atomic mass is 9.70. The first-order valence-corrected chi connectivity index (χ1v) is 23.9. The maximum atomic E-state index is 2.55. The van der Waals surface area contributed by atoms with E-state index in [1.54, 1.807) is 0 Å². The van der Waals surface area contributed by atoms with E-state index in [0.29, 0.717) is 0 Å². The standard InChI is InChI=1S/C67H44N2/c1-4-20-45(21-5-1)48-40-43-62(57(44-48)46-22-6-2-7-23-46)69(50-41-38-47(39-42-50)51-30-18-36-63-65(51)56-29-13-17-35-61(56)68(63)49-24-8-3-9-25-49)64-37-19-31-55-54-28-12-16-34-60(54)67(66(55)64)58-32-14-10-26-52(58)53-27-11-15-33-59(53)67/h1-44H. The molecule has 0 fully saturated rings. The SMILES string of the molecule is c1ccc(-c2ccc(N(c3ccc(-c4cccc5c4c4ccccc4n5-c4ccccc4)cc3)c3cccc4c3C3(c5ccccc5-c5ccccc53)c3ccccc3-4)c(-c3ccccc3)c2)cc1. The molecule has 0 saturated carbocycles. The Bertz CT molecular complexity index is 3880. The molecule has 11 aromatic carbocycles. The van der Waals surface area contributed by atoms with Gasteiger partial charge in [0.1, 0.15) is 0 Å². The summed E-state index contributed by atoms with van der Waals surface area (Å²) in [4.78, 5) is 2.55. The van der Waals surface area contributed by atoms with Gasteiger partial charge in [0.2, 0.25) is 0 Å². The Morgan fingerprint density at radius 2 is 0.797 bits per heavy atom. The largest absolute Gasteiger partial charge is 0.310 e. The van der Waals surface area contributed by atoms with Gasteiger partial charge < -0.3 is 9.47 Å². The molecule has 0 amide bonds. The third-order valence-electron chi connectivity index (χ3n) is 14.8. The van der Waals surface area contributed by atoms with E-state index in [-0.39, 0.29) is 0 Å². The third kappa shape index (κ3) is 5.79. The molecule has 1 aromatic heterocycles. The molecule has 2 aliphatic rings. The lowest BCUT2D eigenvalue weighted by Crippen LogP contribution is -2.28. The minimum Gasteiger partial charge on any atom is -0.310 e. The molecule has 14 rings (SSSR count). The maximum Gasteiger partial charge on any atom is 0.0746 e. The molecule has 2 nitrogen and oxygen atoms in total. The van der Waals surface area contributed by atoms with Crippen LogP contribution in [-0.2, 0) is 5.41 Å². The molecule has 0 radical (unpaired) electrons. The van der Waals surface area contributed by atoms with Crippen LogP contribution in [0, 0.1) is 0 Å². The summed E-state index contributed by atoms with van der Waals surface area (Å²) in [6.45, 7) is 0. The molecule has 0 aliphatic heterocycles. The van der Waals surface area contributed by atoms with E-state index in [1.807, 2.05) is 0 Å². The molecule has 0 saturated heterocycles. The Hall–Kier alpha value is -8.98. The van der Waals surface area contributed by atoms with Crippen LogP contribution < -0.4 is 4.90 Å². The Morgan fingerprint density at radius 3 is 1.48 bits per heavy atom. The van der Waals surface area contributed by atoms with Crippen LogP contribution in [0.5, 0.6) is 0 Å². The summed E-state index contributed by atoms with van der Waals surface area (Å²) in [5, 5.41) is 2.49. The van der Waals surface area contributed by atoms with Crippen molar-refractivity contribution in [3.05, 3.63) is 289 Å². The summed E-state index contributed by atoms with van der Waals surface area (Å²) in [5.41, 5.74) is 23.8. The minimum atomic E-state index is -0.548. The van der Waals surface area contributed by atoms with Gasteiger partial charge in [-0.1, -0.05) is 212 Å². The molecule has 322 valence electrons. The second-order valence-corrected chi connectivity index (χ2v) is 18.3. The smallest absolute Gasteiger partial charge is 0.0746 e. The fourth-order valence-electron chi connectivity index (χ4n) is 12.0. The number of para-hydroxylation sites is 2. The fourth-order valence-corrected chi connectivity index (χ4v) is 12.0. The maximum absolute atomic E-state index is 2.55. The number of anilines is 3. The molecule has 0 atom stereocenters. The highest BCUT2D eigenvalue weighted by Gasteiger charge is 2.53. The van der Waals surface area contributed by atoms with Crippen molar-refractivity contribution in [2.45, 2.75) is 5.41 Å². The number of nitrogens with zero attached hydrogens (tertiary/aromatic N) is 2. The Labute approximate surface area is 402 Å². The highest BCUT2D eigenvalue weighted by molar-refractivity contribution is 6.16. The van der Waals surface area contributed by atoms with Crippen molar-refractivity contribution in [1.29, 1.82) is 0 Å². The number of hydrogen-bond acceptors (Lipinski definition) is 1. The molecule has 1 spiro atoms. The van der Waals surface area contributed by atoms with E-state index < -0.39 is 5.41 Å². The third-order valence-corrected chi connectivity index (χ3v) is 14.8. The van der Waals surface area contributed by atoms with Crippen LogP contribution in [0.2, 0.25) is 0 Å². The van der Waals surface area contributed by atoms with Crippen molar-refractivity contribution >= 4 is 38.9 Å². The van der Waals surface area contributed by atoms with Gasteiger partial charge in [0.25, 0.3) is 0 Å². The number of rotatable bonds is 7. The van der Waals surface area contributed by atoms with Crippen LogP contribution in [0.4, 0.5) is 17.1 Å². The molecule has 2 aliphatic carbocycles. The fraction of sp³-hybridized carbons (Fsp3) is 0.0149. The minimum absolute atomic E-state index is 0.548. The molecular weight excluding hydrogens is 833 g/mol. The molecular formula is C67H44N2. The van der Waals surface area contributed by atoms with E-state index in [0.717, 1.165) is 33.9 Å². The first-order valence-electron chi connectivity index (χ1n) is 23.9. The first kappa shape index (κ1) is 39.2. The topological polar surface area (TPSA) is 8.17 Å². The molecule has 12 aromatic rings. The molecule has 69 heavy (non-hydrogen) atoms. The Kier molecular flexibility index (Phi) is 8.84. The average Bonchev–Trinajstić information content (AvgIpc) is 4.04. The number of fused-ring (bicyclic) bond motifs is 13. The van der Waals surface area contributed by atoms with Crippen molar-refractivity contribution in [3.63, 3.8) is 0 Å². The van der Waals surface area contributed by atoms with Crippen LogP contribution in [0.1, 0.15) is 22.3 Å². The average molecular weight is 877 g/mol. The van der Waals surface area contributed by atoms with Gasteiger partial charge in [0.15, 0.2) is 0 Å². The number of aromatic nitrogens is 1. The molecule has 0 bridgehead atoms. The molecule has 0 N–H and O–H groups in total. The van der Waals surface area contributed by atoms with Gasteiger partial charge in [0.05, 0.1) is 27.8 Å². The normalized spacial score (nSPS) is 12.8. The summed E-state index contributed by atoms with van der Waals surface area (Å²) in [5.74, 6) is 0. The predicted molar refractivity (Wildman–Crippen MR) is 288 cm³/mol. The van der Waals surface area contributed by atoms with E-state index in [1.165, 1.54) is 88.6 Å². The molecule has 0 unspecified atom stereocenters. The Morgan fingerprint density at radius 1 is 0.304 bits per heavy atom. The lowest BCUT2D eigenvalue weighted by Gasteiger charge is -2.36. The second-order valence-electron chi connectivity index (χ2n) is 18.3. The van der Waals surface area contributed by atoms with E-state index in [2.05, 4.69) is 276 Å². The van der Waals surface area contributed by atoms with Crippen LogP contribution in [0.15, 0.2) is 267 Å². The van der Waals surface area contributed by atoms with E-state index in [4.69, 9.17) is 0 Å². The van der Waals surface area contributed by atoms with Gasteiger partial charge in [-0.15, -0.1) is 0 Å². The van der Waals surface area contributed by atoms with Gasteiger partial charge in [-0.05, 0) is 121 Å². The van der Waals surface area contributed by atoms with Gasteiger partial charge >= 0.3 is 0 Å². The quantitative estimate of drug-likeness (QED) is 0.155. The zero-order valence-corrected chi connectivity index (χ0v) is 37.8. The summed E-state index contributed by atoms with van der Waals surface area (Å²) < 4.78 is 2.40. The van der Waals surface area contributed by atoms with E-state index >= 15 is 0 Å². The lowest BCUT2D eigenvalue weighted by molar-refractivity contribution is 0.793. The predicted octanol–water partition coefficient (Wildman–Crippen LogP) is 17.6. The van der Waals surface area contributed by atoms with Crippen LogP contribution in [-0.4, -0.2) is 4.57 Å². The monoisotopic (exact) mass is 876 g/mol. The summed E-state index contributed by atoms with van der Waals surface area (Å²) in [7, 11) is 0. The van der Waals surface area contributed by atoms with Gasteiger partial charge in [-0.2, -0.15) is 0 Å². The van der Waals surface area contributed by atoms with Gasteiger partial charge in [-0.3, -0.25) is 0 Å². The summed E-state index contributed by atoms with van der Waals surface area (Å²) >= 11 is 0. The van der Waals surface area contributed by atoms with Gasteiger partial charge in [-0.25, -0.2) is 0 Å². The van der Waals surface area contributed by atoms with Crippen LogP contribution >= 0.6 is 0 Å². The number of benzene rings is 11. The van der Waals surface area contributed by atoms with Crippen LogP contribution in [0.25, 0.3) is 83.1 Å². The first-order chi connectivity index (χ1) is 34.3.